The number of allylic oxidation sites excluding steroid dienone is 1. The van der Waals surface area contributed by atoms with Crippen LogP contribution in [0, 0.1) is 0 Å². The molecular weight excluding hydrogens is 562 g/mol. The summed E-state index contributed by atoms with van der Waals surface area (Å²) >= 11 is 0. The minimum Gasteiger partial charge on any atom is -0.444 e. The molecule has 9 nitrogen and oxygen atoms in total. The van der Waals surface area contributed by atoms with Crippen molar-refractivity contribution >= 4 is 11.8 Å². The Kier molecular flexibility index (Phi) is 9.01. The van der Waals surface area contributed by atoms with Crippen LogP contribution >= 0.6 is 0 Å². The molecule has 0 aliphatic carbocycles. The number of benzene rings is 1. The average Bonchev–Trinajstić information content (AvgIpc) is 3.33. The Balaban J connectivity index is 2.14. The number of alkyl halides is 6. The quantitative estimate of drug-likeness (QED) is 0.210. The van der Waals surface area contributed by atoms with Gasteiger partial charge in [0.25, 0.3) is 17.3 Å². The number of carbonyl (C=O) groups is 1. The SMILES string of the molecule is C=CCCC(OCc1ccccc1)(c1nnc(-c2[nH]c(=O)c(C(F)(F)F)cc2NC(=O)OC(C)(C)C)o1)C(F)(F)F. The van der Waals surface area contributed by atoms with Crippen LogP contribution in [-0.4, -0.2) is 33.1 Å². The number of nitrogens with one attached hydrogen (secondary N) is 2. The summed E-state index contributed by atoms with van der Waals surface area (Å²) < 4.78 is 99.9. The van der Waals surface area contributed by atoms with Crippen LogP contribution in [0.2, 0.25) is 0 Å². The fraction of sp³-hybridized carbons (Fsp3) is 0.385. The van der Waals surface area contributed by atoms with Gasteiger partial charge in [0, 0.05) is 0 Å². The van der Waals surface area contributed by atoms with Gasteiger partial charge in [0.05, 0.1) is 12.3 Å². The number of anilines is 1. The van der Waals surface area contributed by atoms with E-state index in [1.54, 1.807) is 18.2 Å². The van der Waals surface area contributed by atoms with Gasteiger partial charge in [0.1, 0.15) is 16.9 Å². The van der Waals surface area contributed by atoms with E-state index in [0.717, 1.165) is 0 Å². The standard InChI is InChI=1S/C26H26F6N4O5/c1-5-6-12-24(26(30,31)32,39-14-15-10-8-7-9-11-15)21-36-35-20(40-21)18-17(33-22(38)41-23(2,3)4)13-16(19(37)34-18)25(27,28)29/h5,7-11,13H,1,6,12,14H2,2-4H3,(H,33,38)(H,34,37). The summed E-state index contributed by atoms with van der Waals surface area (Å²) in [6, 6.07) is 8.22. The highest BCUT2D eigenvalue weighted by molar-refractivity contribution is 5.89. The molecule has 0 aliphatic heterocycles. The minimum absolute atomic E-state index is 0.200. The maximum atomic E-state index is 14.6. The molecule has 0 saturated carbocycles. The van der Waals surface area contributed by atoms with Gasteiger partial charge in [0.15, 0.2) is 0 Å². The van der Waals surface area contributed by atoms with E-state index in [2.05, 4.69) is 16.8 Å². The van der Waals surface area contributed by atoms with E-state index in [0.29, 0.717) is 5.56 Å². The lowest BCUT2D eigenvalue weighted by Gasteiger charge is -2.32. The summed E-state index contributed by atoms with van der Waals surface area (Å²) in [5.41, 5.74) is -8.59. The van der Waals surface area contributed by atoms with Crippen LogP contribution < -0.4 is 10.9 Å². The van der Waals surface area contributed by atoms with Crippen molar-refractivity contribution in [2.45, 2.75) is 63.8 Å². The first-order valence-corrected chi connectivity index (χ1v) is 12.0. The third-order valence-corrected chi connectivity index (χ3v) is 5.45. The average molecular weight is 589 g/mol. The number of aromatic nitrogens is 3. The van der Waals surface area contributed by atoms with Crippen LogP contribution in [0.1, 0.15) is 50.6 Å². The smallest absolute Gasteiger partial charge is 0.426 e. The van der Waals surface area contributed by atoms with Crippen LogP contribution in [0.3, 0.4) is 0 Å². The molecule has 1 atom stereocenters. The Labute approximate surface area is 229 Å². The molecule has 1 unspecified atom stereocenters. The van der Waals surface area contributed by atoms with E-state index in [1.165, 1.54) is 39.0 Å². The third kappa shape index (κ3) is 7.54. The Morgan fingerprint density at radius 2 is 1.76 bits per heavy atom. The molecule has 2 aromatic heterocycles. The Hall–Kier alpha value is -4.14. The first kappa shape index (κ1) is 31.4. The molecule has 3 aromatic rings. The fourth-order valence-corrected chi connectivity index (χ4v) is 3.58. The van der Waals surface area contributed by atoms with Crippen molar-refractivity contribution in [1.82, 2.24) is 15.2 Å². The highest BCUT2D eigenvalue weighted by atomic mass is 19.4. The summed E-state index contributed by atoms with van der Waals surface area (Å²) in [6.45, 7) is 7.39. The second-order valence-corrected chi connectivity index (χ2v) is 9.76. The Morgan fingerprint density at radius 1 is 1.10 bits per heavy atom. The zero-order valence-electron chi connectivity index (χ0n) is 22.1. The summed E-state index contributed by atoms with van der Waals surface area (Å²) in [5, 5.41) is 9.07. The second-order valence-electron chi connectivity index (χ2n) is 9.76. The number of pyridine rings is 1. The van der Waals surface area contributed by atoms with Gasteiger partial charge in [-0.1, -0.05) is 36.4 Å². The van der Waals surface area contributed by atoms with Gasteiger partial charge in [-0.05, 0) is 45.2 Å². The normalized spacial score (nSPS) is 13.9. The first-order valence-electron chi connectivity index (χ1n) is 12.0. The monoisotopic (exact) mass is 588 g/mol. The first-order chi connectivity index (χ1) is 19.0. The predicted octanol–water partition coefficient (Wildman–Crippen LogP) is 6.73. The maximum Gasteiger partial charge on any atom is 0.426 e. The molecule has 0 aliphatic rings. The lowest BCUT2D eigenvalue weighted by Crippen LogP contribution is -2.45. The molecule has 41 heavy (non-hydrogen) atoms. The van der Waals surface area contributed by atoms with Gasteiger partial charge in [0.2, 0.25) is 5.60 Å². The van der Waals surface area contributed by atoms with E-state index in [1.807, 2.05) is 10.3 Å². The van der Waals surface area contributed by atoms with E-state index >= 15 is 0 Å². The van der Waals surface area contributed by atoms with Crippen molar-refractivity contribution in [1.29, 1.82) is 0 Å². The van der Waals surface area contributed by atoms with Gasteiger partial charge in [-0.25, -0.2) is 4.79 Å². The lowest BCUT2D eigenvalue weighted by molar-refractivity contribution is -0.299. The number of hydrogen-bond donors (Lipinski definition) is 2. The molecule has 0 fully saturated rings. The van der Waals surface area contributed by atoms with Gasteiger partial charge in [-0.3, -0.25) is 10.1 Å². The molecule has 15 heteroatoms. The van der Waals surface area contributed by atoms with Gasteiger partial charge in [-0.2, -0.15) is 26.3 Å². The number of H-pyrrole nitrogens is 1. The van der Waals surface area contributed by atoms with Crippen LogP contribution in [0.5, 0.6) is 0 Å². The Bertz CT molecular complexity index is 1430. The number of ether oxygens (including phenoxy) is 2. The van der Waals surface area contributed by atoms with E-state index in [9.17, 15) is 35.9 Å². The highest BCUT2D eigenvalue weighted by Gasteiger charge is 2.61. The van der Waals surface area contributed by atoms with E-state index < -0.39 is 77.0 Å². The molecule has 1 aromatic carbocycles. The summed E-state index contributed by atoms with van der Waals surface area (Å²) in [4.78, 5) is 26.5. The molecule has 0 radical (unpaired) electrons. The zero-order valence-corrected chi connectivity index (χ0v) is 22.1. The number of halogens is 6. The molecule has 222 valence electrons. The van der Waals surface area contributed by atoms with Gasteiger partial charge >= 0.3 is 18.4 Å². The van der Waals surface area contributed by atoms with Crippen molar-refractivity contribution in [3.63, 3.8) is 0 Å². The van der Waals surface area contributed by atoms with Crippen molar-refractivity contribution in [3.8, 4) is 11.6 Å². The number of carbonyl (C=O) groups excluding carboxylic acids is 1. The fourth-order valence-electron chi connectivity index (χ4n) is 3.58. The molecule has 0 spiro atoms. The van der Waals surface area contributed by atoms with Gasteiger partial charge < -0.3 is 18.9 Å². The summed E-state index contributed by atoms with van der Waals surface area (Å²) in [6.07, 6.45) is -11.2. The molecule has 3 rings (SSSR count). The van der Waals surface area contributed by atoms with Crippen LogP contribution in [-0.2, 0) is 27.9 Å². The summed E-state index contributed by atoms with van der Waals surface area (Å²) in [5.74, 6) is -1.91. The Morgan fingerprint density at radius 3 is 2.32 bits per heavy atom. The van der Waals surface area contributed by atoms with Crippen molar-refractivity contribution in [2.75, 3.05) is 5.32 Å². The van der Waals surface area contributed by atoms with Crippen LogP contribution in [0.4, 0.5) is 36.8 Å². The number of rotatable bonds is 9. The predicted molar refractivity (Wildman–Crippen MR) is 134 cm³/mol. The maximum absolute atomic E-state index is 14.6. The zero-order chi connectivity index (χ0) is 30.6. The number of amides is 1. The van der Waals surface area contributed by atoms with Crippen LogP contribution in [0.25, 0.3) is 11.6 Å². The second kappa shape index (κ2) is 11.8. The van der Waals surface area contributed by atoms with Crippen molar-refractivity contribution < 1.29 is 45.0 Å². The van der Waals surface area contributed by atoms with Gasteiger partial charge in [-0.15, -0.1) is 16.8 Å². The molecule has 1 amide bonds. The molecular formula is C26H26F6N4O5. The number of nitrogens with zero attached hydrogens (tertiary/aromatic N) is 2. The molecule has 2 heterocycles. The largest absolute Gasteiger partial charge is 0.444 e. The van der Waals surface area contributed by atoms with E-state index in [4.69, 9.17) is 13.9 Å². The highest BCUT2D eigenvalue weighted by Crippen LogP contribution is 2.46. The molecule has 0 bridgehead atoms. The van der Waals surface area contributed by atoms with Crippen molar-refractivity contribution in [3.05, 3.63) is 76.4 Å². The minimum atomic E-state index is -5.14. The summed E-state index contributed by atoms with van der Waals surface area (Å²) in [7, 11) is 0. The number of aromatic amines is 1. The number of hydrogen-bond acceptors (Lipinski definition) is 7. The molecule has 2 N–H and O–H groups in total. The topological polar surface area (TPSA) is 119 Å². The van der Waals surface area contributed by atoms with E-state index in [-0.39, 0.29) is 12.5 Å². The molecule has 0 saturated heterocycles. The van der Waals surface area contributed by atoms with Crippen molar-refractivity contribution in [2.24, 2.45) is 0 Å². The van der Waals surface area contributed by atoms with Crippen LogP contribution in [0.15, 0.2) is 58.3 Å². The third-order valence-electron chi connectivity index (χ3n) is 5.45. The lowest BCUT2D eigenvalue weighted by atomic mass is 9.96.